The van der Waals surface area contributed by atoms with Gasteiger partial charge in [-0.3, -0.25) is 0 Å². The zero-order valence-electron chi connectivity index (χ0n) is 16.6. The van der Waals surface area contributed by atoms with Crippen LogP contribution in [0.1, 0.15) is 11.5 Å². The molecular weight excluding hydrogens is 452 g/mol. The van der Waals surface area contributed by atoms with Crippen LogP contribution < -0.4 is 0 Å². The molecule has 158 valence electrons. The van der Waals surface area contributed by atoms with Gasteiger partial charge in [-0.25, -0.2) is 17.6 Å². The maximum atomic E-state index is 13.8. The van der Waals surface area contributed by atoms with E-state index in [4.69, 9.17) is 0 Å². The molecule has 4 aromatic rings. The summed E-state index contributed by atoms with van der Waals surface area (Å²) in [5, 5.41) is 0. The van der Waals surface area contributed by atoms with Crippen molar-refractivity contribution in [1.82, 2.24) is 9.13 Å². The number of nitrogens with zero attached hydrogens (tertiary/aromatic N) is 2. The van der Waals surface area contributed by atoms with E-state index in [1.54, 1.807) is 58.2 Å². The molecule has 2 heterocycles. The van der Waals surface area contributed by atoms with E-state index in [9.17, 15) is 17.6 Å². The topological polar surface area (TPSA) is 9.86 Å². The van der Waals surface area contributed by atoms with Crippen LogP contribution in [-0.2, 0) is 21.7 Å². The fraction of sp³-hybridized carbons (Fsp3) is 0.0400. The van der Waals surface area contributed by atoms with E-state index in [0.29, 0.717) is 16.9 Å². The molecule has 1 aliphatic rings. The van der Waals surface area contributed by atoms with E-state index in [1.807, 2.05) is 30.4 Å². The molecule has 1 aliphatic carbocycles. The number of hydrogen-bond acceptors (Lipinski definition) is 0. The minimum absolute atomic E-state index is 0. The van der Waals surface area contributed by atoms with E-state index in [1.165, 1.54) is 18.2 Å². The zero-order valence-corrected chi connectivity index (χ0v) is 18.2. The summed E-state index contributed by atoms with van der Waals surface area (Å²) in [5.74, 6) is -2.83. The summed E-state index contributed by atoms with van der Waals surface area (Å²) in [5.41, 5.74) is 1.04. The van der Waals surface area contributed by atoms with Crippen LogP contribution in [0.2, 0.25) is 0 Å². The van der Waals surface area contributed by atoms with Gasteiger partial charge in [0.15, 0.2) is 0 Å². The molecule has 2 nitrogen and oxygen atoms in total. The monoisotopic (exact) mass is 468 g/mol. The van der Waals surface area contributed by atoms with Crippen LogP contribution in [0, 0.1) is 35.4 Å². The molecule has 0 bridgehead atoms. The Morgan fingerprint density at radius 2 is 1.19 bits per heavy atom. The van der Waals surface area contributed by atoms with Crippen molar-refractivity contribution in [1.29, 1.82) is 0 Å². The molecule has 2 aromatic carbocycles. The van der Waals surface area contributed by atoms with E-state index >= 15 is 0 Å². The Bertz CT molecular complexity index is 1220. The van der Waals surface area contributed by atoms with E-state index in [2.05, 4.69) is 6.07 Å². The summed E-state index contributed by atoms with van der Waals surface area (Å²) in [6, 6.07) is 15.3. The maximum absolute atomic E-state index is 13.8. The Balaban J connectivity index is 0.000000184. The van der Waals surface area contributed by atoms with Gasteiger partial charge >= 0.3 is 21.7 Å². The van der Waals surface area contributed by atoms with Gasteiger partial charge in [0, 0.05) is 23.3 Å². The maximum Gasteiger partial charge on any atom is 2.00 e. The molecule has 0 saturated carbocycles. The van der Waals surface area contributed by atoms with Crippen molar-refractivity contribution in [3.8, 4) is 11.4 Å². The largest absolute Gasteiger partial charge is 2.00 e. The zero-order chi connectivity index (χ0) is 21.8. The molecule has 5 rings (SSSR count). The molecule has 0 amide bonds. The third-order valence-electron chi connectivity index (χ3n) is 4.70. The number of rotatable bonds is 3. The predicted octanol–water partition coefficient (Wildman–Crippen LogP) is 6.32. The molecule has 0 radical (unpaired) electrons. The van der Waals surface area contributed by atoms with Crippen LogP contribution in [-0.4, -0.2) is 9.13 Å². The van der Waals surface area contributed by atoms with Gasteiger partial charge in [-0.05, 0) is 66.3 Å². The first-order valence-corrected chi connectivity index (χ1v) is 9.43. The first-order valence-electron chi connectivity index (χ1n) is 9.43. The molecule has 32 heavy (non-hydrogen) atoms. The number of halogens is 4. The first kappa shape index (κ1) is 23.6. The Morgan fingerprint density at radius 3 is 1.75 bits per heavy atom. The molecule has 0 fully saturated rings. The van der Waals surface area contributed by atoms with Crippen LogP contribution in [0.15, 0.2) is 91.6 Å². The average Bonchev–Trinajstić information content (AvgIpc) is 3.52. The quantitative estimate of drug-likeness (QED) is 0.189. The normalized spacial score (nSPS) is 12.4. The molecule has 0 aliphatic heterocycles. The van der Waals surface area contributed by atoms with Gasteiger partial charge < -0.3 is 9.13 Å². The van der Waals surface area contributed by atoms with Crippen LogP contribution in [0.4, 0.5) is 17.6 Å². The molecule has 0 saturated heterocycles. The molecule has 0 spiro atoms. The number of hydrogen-bond donors (Lipinski definition) is 0. The average molecular weight is 468 g/mol. The van der Waals surface area contributed by atoms with E-state index < -0.39 is 23.3 Å². The van der Waals surface area contributed by atoms with Crippen molar-refractivity contribution in [2.24, 2.45) is 0 Å². The molecule has 7 heteroatoms. The summed E-state index contributed by atoms with van der Waals surface area (Å²) in [6.07, 6.45) is 14.2. The fourth-order valence-corrected chi connectivity index (χ4v) is 3.20. The summed E-state index contributed by atoms with van der Waals surface area (Å²) < 4.78 is 56.2. The van der Waals surface area contributed by atoms with Gasteiger partial charge in [-0.15, -0.1) is 35.9 Å². The minimum Gasteiger partial charge on any atom is -0.375 e. The van der Waals surface area contributed by atoms with E-state index in [-0.39, 0.29) is 27.6 Å². The fourth-order valence-electron chi connectivity index (χ4n) is 3.20. The third-order valence-corrected chi connectivity index (χ3v) is 4.70. The molecule has 2 aromatic heterocycles. The predicted molar refractivity (Wildman–Crippen MR) is 110 cm³/mol. The molecule has 0 N–H and O–H groups in total. The third kappa shape index (κ3) is 5.21. The Labute approximate surface area is 198 Å². The Kier molecular flexibility index (Phi) is 7.72. The van der Waals surface area contributed by atoms with Crippen LogP contribution >= 0.6 is 0 Å². The molecule has 0 atom stereocenters. The molecular formula is C25H16F4N2Ti. The number of benzene rings is 2. The van der Waals surface area contributed by atoms with Crippen molar-refractivity contribution in [3.05, 3.63) is 133 Å². The van der Waals surface area contributed by atoms with Crippen molar-refractivity contribution in [2.45, 2.75) is 5.92 Å². The van der Waals surface area contributed by atoms with Gasteiger partial charge in [-0.1, -0.05) is 24.3 Å². The smallest absolute Gasteiger partial charge is 0.375 e. The van der Waals surface area contributed by atoms with Gasteiger partial charge in [0.2, 0.25) is 0 Å². The van der Waals surface area contributed by atoms with Crippen LogP contribution in [0.5, 0.6) is 0 Å². The second-order valence-corrected chi connectivity index (χ2v) is 6.72. The van der Waals surface area contributed by atoms with Crippen molar-refractivity contribution >= 4 is 0 Å². The van der Waals surface area contributed by atoms with E-state index in [0.717, 1.165) is 0 Å². The standard InChI is InChI=1S/C15H10F2N.C10H6F2N.Ti/c16-13-10-14(17)15(18-7-3-4-8-18)9-12(13)11-5-1-2-6-11;11-8-3-4-10(9(12)7-8)13-5-1-2-6-13;/h1-9,11H;1-6H;/q2*-1;+2. The van der Waals surface area contributed by atoms with Gasteiger partial charge in [-0.2, -0.15) is 0 Å². The molecule has 0 unspecified atom stereocenters. The summed E-state index contributed by atoms with van der Waals surface area (Å²) in [7, 11) is 0. The number of aromatic nitrogens is 2. The Morgan fingerprint density at radius 1 is 0.656 bits per heavy atom. The van der Waals surface area contributed by atoms with Crippen molar-refractivity contribution in [2.75, 3.05) is 0 Å². The van der Waals surface area contributed by atoms with Gasteiger partial charge in [0.05, 0.1) is 0 Å². The summed E-state index contributed by atoms with van der Waals surface area (Å²) in [6.45, 7) is 0. The van der Waals surface area contributed by atoms with Crippen LogP contribution in [0.25, 0.3) is 11.4 Å². The Hall–Kier alpha value is -3.09. The van der Waals surface area contributed by atoms with Gasteiger partial charge in [0.25, 0.3) is 0 Å². The second-order valence-electron chi connectivity index (χ2n) is 6.72. The SMILES string of the molecule is Fc1[c-]c(F)c(-n2cccc2)cc1.Fc1[c-]c(F)c(-n2cccc2)cc1C1C=CC=C1.[Ti+2]. The number of allylic oxidation sites excluding steroid dienone is 4. The first-order chi connectivity index (χ1) is 15.0. The van der Waals surface area contributed by atoms with Crippen molar-refractivity contribution < 1.29 is 39.3 Å². The minimum atomic E-state index is -0.687. The van der Waals surface area contributed by atoms with Crippen LogP contribution in [0.3, 0.4) is 0 Å². The van der Waals surface area contributed by atoms with Crippen molar-refractivity contribution in [3.63, 3.8) is 0 Å². The summed E-state index contributed by atoms with van der Waals surface area (Å²) >= 11 is 0. The summed E-state index contributed by atoms with van der Waals surface area (Å²) in [4.78, 5) is 0. The van der Waals surface area contributed by atoms with Gasteiger partial charge in [0.1, 0.15) is 0 Å². The second kappa shape index (κ2) is 10.5.